The molecular weight excluding hydrogens is 220 g/mol. The molecule has 2 aliphatic rings. The molecular formula is C12H22N2OS. The lowest BCUT2D eigenvalue weighted by atomic mass is 9.93. The molecule has 0 amide bonds. The monoisotopic (exact) mass is 242 g/mol. The summed E-state index contributed by atoms with van der Waals surface area (Å²) in [7, 11) is 0. The number of rotatable bonds is 2. The number of hydrogen-bond acceptors (Lipinski definition) is 2. The summed E-state index contributed by atoms with van der Waals surface area (Å²) in [4.78, 5) is 0. The van der Waals surface area contributed by atoms with Crippen molar-refractivity contribution in [2.45, 2.75) is 57.0 Å². The standard InChI is InChI=1S/C12H22N2OS/c1-12(6-8-15-9-7-12)14-11(16)13-10-4-2-3-5-10/h10H,2-9H2,1H3,(H2,13,14,16). The van der Waals surface area contributed by atoms with Gasteiger partial charge in [0.2, 0.25) is 0 Å². The Hall–Kier alpha value is -0.350. The smallest absolute Gasteiger partial charge is 0.166 e. The van der Waals surface area contributed by atoms with Gasteiger partial charge in [-0.05, 0) is 44.8 Å². The first-order valence-electron chi connectivity index (χ1n) is 6.34. The Morgan fingerprint density at radius 3 is 2.50 bits per heavy atom. The molecule has 0 radical (unpaired) electrons. The topological polar surface area (TPSA) is 33.3 Å². The Labute approximate surface area is 103 Å². The number of hydrogen-bond donors (Lipinski definition) is 2. The maximum absolute atomic E-state index is 5.38. The summed E-state index contributed by atoms with van der Waals surface area (Å²) in [6, 6.07) is 0.600. The van der Waals surface area contributed by atoms with Gasteiger partial charge < -0.3 is 15.4 Å². The predicted molar refractivity (Wildman–Crippen MR) is 69.6 cm³/mol. The third kappa shape index (κ3) is 3.32. The van der Waals surface area contributed by atoms with Gasteiger partial charge >= 0.3 is 0 Å². The second-order valence-corrected chi connectivity index (χ2v) is 5.66. The van der Waals surface area contributed by atoms with E-state index >= 15 is 0 Å². The van der Waals surface area contributed by atoms with Gasteiger partial charge in [-0.1, -0.05) is 12.8 Å². The lowest BCUT2D eigenvalue weighted by molar-refractivity contribution is 0.0523. The highest BCUT2D eigenvalue weighted by Crippen LogP contribution is 2.20. The lowest BCUT2D eigenvalue weighted by Gasteiger charge is -2.36. The third-order valence-corrected chi connectivity index (χ3v) is 3.92. The summed E-state index contributed by atoms with van der Waals surface area (Å²) in [5, 5.41) is 7.72. The molecule has 2 N–H and O–H groups in total. The molecule has 2 fully saturated rings. The first-order chi connectivity index (χ1) is 7.68. The van der Waals surface area contributed by atoms with E-state index in [1.54, 1.807) is 0 Å². The van der Waals surface area contributed by atoms with E-state index in [-0.39, 0.29) is 5.54 Å². The summed E-state index contributed by atoms with van der Waals surface area (Å²) < 4.78 is 5.38. The van der Waals surface area contributed by atoms with Gasteiger partial charge in [-0.15, -0.1) is 0 Å². The van der Waals surface area contributed by atoms with E-state index in [4.69, 9.17) is 17.0 Å². The maximum Gasteiger partial charge on any atom is 0.166 e. The Bertz CT molecular complexity index is 245. The molecule has 1 heterocycles. The van der Waals surface area contributed by atoms with E-state index in [1.165, 1.54) is 25.7 Å². The minimum Gasteiger partial charge on any atom is -0.381 e. The van der Waals surface area contributed by atoms with E-state index in [2.05, 4.69) is 17.6 Å². The molecule has 3 nitrogen and oxygen atoms in total. The molecule has 16 heavy (non-hydrogen) atoms. The molecule has 1 saturated carbocycles. The normalized spacial score (nSPS) is 25.3. The Kier molecular flexibility index (Phi) is 4.03. The molecule has 1 aliphatic heterocycles. The van der Waals surface area contributed by atoms with Crippen molar-refractivity contribution < 1.29 is 4.74 Å². The van der Waals surface area contributed by atoms with Gasteiger partial charge in [0, 0.05) is 24.8 Å². The first kappa shape index (κ1) is 12.1. The quantitative estimate of drug-likeness (QED) is 0.725. The van der Waals surface area contributed by atoms with Crippen LogP contribution in [0.1, 0.15) is 45.4 Å². The van der Waals surface area contributed by atoms with Crippen LogP contribution in [0.4, 0.5) is 0 Å². The zero-order valence-electron chi connectivity index (χ0n) is 10.1. The number of thiocarbonyl (C=S) groups is 1. The van der Waals surface area contributed by atoms with Crippen LogP contribution in [0.2, 0.25) is 0 Å². The zero-order chi connectivity index (χ0) is 11.4. The summed E-state index contributed by atoms with van der Waals surface area (Å²) in [5.74, 6) is 0. The number of nitrogens with one attached hydrogen (secondary N) is 2. The molecule has 0 spiro atoms. The molecule has 4 heteroatoms. The average molecular weight is 242 g/mol. The van der Waals surface area contributed by atoms with E-state index in [1.807, 2.05) is 0 Å². The molecule has 1 aliphatic carbocycles. The van der Waals surface area contributed by atoms with Crippen molar-refractivity contribution in [3.63, 3.8) is 0 Å². The Morgan fingerprint density at radius 1 is 1.25 bits per heavy atom. The van der Waals surface area contributed by atoms with E-state index in [0.29, 0.717) is 6.04 Å². The van der Waals surface area contributed by atoms with Crippen LogP contribution in [-0.2, 0) is 4.74 Å². The first-order valence-corrected chi connectivity index (χ1v) is 6.75. The summed E-state index contributed by atoms with van der Waals surface area (Å²) in [5.41, 5.74) is 0.126. The SMILES string of the molecule is CC1(NC(=S)NC2CCCC2)CCOCC1. The fourth-order valence-corrected chi connectivity index (χ4v) is 2.93. The zero-order valence-corrected chi connectivity index (χ0v) is 10.9. The van der Waals surface area contributed by atoms with Gasteiger partial charge in [-0.2, -0.15) is 0 Å². The van der Waals surface area contributed by atoms with Crippen LogP contribution in [0.15, 0.2) is 0 Å². The van der Waals surface area contributed by atoms with E-state index in [0.717, 1.165) is 31.2 Å². The fraction of sp³-hybridized carbons (Fsp3) is 0.917. The summed E-state index contributed by atoms with van der Waals surface area (Å²) in [6.45, 7) is 3.92. The minimum absolute atomic E-state index is 0.126. The van der Waals surface area contributed by atoms with Crippen LogP contribution in [0, 0.1) is 0 Å². The van der Waals surface area contributed by atoms with Gasteiger partial charge in [0.1, 0.15) is 0 Å². The molecule has 1 saturated heterocycles. The van der Waals surface area contributed by atoms with Crippen molar-refractivity contribution >= 4 is 17.3 Å². The maximum atomic E-state index is 5.38. The predicted octanol–water partition coefficient (Wildman–Crippen LogP) is 1.96. The van der Waals surface area contributed by atoms with Crippen molar-refractivity contribution in [1.29, 1.82) is 0 Å². The van der Waals surface area contributed by atoms with Gasteiger partial charge in [0.25, 0.3) is 0 Å². The van der Waals surface area contributed by atoms with Crippen molar-refractivity contribution in [3.05, 3.63) is 0 Å². The Morgan fingerprint density at radius 2 is 1.88 bits per heavy atom. The largest absolute Gasteiger partial charge is 0.381 e. The minimum atomic E-state index is 0.126. The van der Waals surface area contributed by atoms with Crippen LogP contribution in [-0.4, -0.2) is 29.9 Å². The van der Waals surface area contributed by atoms with Crippen molar-refractivity contribution in [2.24, 2.45) is 0 Å². The van der Waals surface area contributed by atoms with Gasteiger partial charge in [0.15, 0.2) is 5.11 Å². The summed E-state index contributed by atoms with van der Waals surface area (Å²) in [6.07, 6.45) is 7.29. The molecule has 0 aromatic carbocycles. The highest BCUT2D eigenvalue weighted by atomic mass is 32.1. The molecule has 0 aromatic heterocycles. The molecule has 0 unspecified atom stereocenters. The van der Waals surface area contributed by atoms with Crippen molar-refractivity contribution in [1.82, 2.24) is 10.6 Å². The molecule has 0 bridgehead atoms. The lowest BCUT2D eigenvalue weighted by Crippen LogP contribution is -2.54. The van der Waals surface area contributed by atoms with Gasteiger partial charge in [-0.3, -0.25) is 0 Å². The second kappa shape index (κ2) is 5.32. The van der Waals surface area contributed by atoms with E-state index in [9.17, 15) is 0 Å². The molecule has 92 valence electrons. The molecule has 0 atom stereocenters. The highest BCUT2D eigenvalue weighted by molar-refractivity contribution is 7.80. The fourth-order valence-electron chi connectivity index (χ4n) is 2.51. The van der Waals surface area contributed by atoms with Crippen LogP contribution in [0.3, 0.4) is 0 Å². The highest BCUT2D eigenvalue weighted by Gasteiger charge is 2.28. The van der Waals surface area contributed by atoms with Gasteiger partial charge in [0.05, 0.1) is 0 Å². The summed E-state index contributed by atoms with van der Waals surface area (Å²) >= 11 is 5.38. The van der Waals surface area contributed by atoms with Crippen LogP contribution in [0.25, 0.3) is 0 Å². The van der Waals surface area contributed by atoms with E-state index < -0.39 is 0 Å². The van der Waals surface area contributed by atoms with Crippen molar-refractivity contribution in [3.8, 4) is 0 Å². The van der Waals surface area contributed by atoms with Gasteiger partial charge in [-0.25, -0.2) is 0 Å². The number of ether oxygens (including phenoxy) is 1. The molecule has 0 aromatic rings. The Balaban J connectivity index is 1.76. The third-order valence-electron chi connectivity index (χ3n) is 3.70. The second-order valence-electron chi connectivity index (χ2n) is 5.25. The van der Waals surface area contributed by atoms with Crippen LogP contribution >= 0.6 is 12.2 Å². The molecule has 2 rings (SSSR count). The van der Waals surface area contributed by atoms with Crippen LogP contribution in [0.5, 0.6) is 0 Å². The van der Waals surface area contributed by atoms with Crippen molar-refractivity contribution in [2.75, 3.05) is 13.2 Å². The van der Waals surface area contributed by atoms with Crippen LogP contribution < -0.4 is 10.6 Å². The average Bonchev–Trinajstić information content (AvgIpc) is 2.70.